The van der Waals surface area contributed by atoms with Gasteiger partial charge in [-0.25, -0.2) is 9.50 Å². The monoisotopic (exact) mass is 347 g/mol. The number of aryl methyl sites for hydroxylation is 3. The fourth-order valence-electron chi connectivity index (χ4n) is 3.08. The van der Waals surface area contributed by atoms with E-state index in [1.165, 1.54) is 11.8 Å². The van der Waals surface area contributed by atoms with Gasteiger partial charge in [-0.1, -0.05) is 19.1 Å². The van der Waals surface area contributed by atoms with Crippen LogP contribution < -0.4 is 5.32 Å². The van der Waals surface area contributed by atoms with Crippen molar-refractivity contribution in [3.63, 3.8) is 0 Å². The zero-order valence-electron chi connectivity index (χ0n) is 15.2. The van der Waals surface area contributed by atoms with Gasteiger partial charge in [0, 0.05) is 23.5 Å². The Balaban J connectivity index is 1.75. The summed E-state index contributed by atoms with van der Waals surface area (Å²) in [6, 6.07) is 9.99. The molecular formula is C20H21N5O. The lowest BCUT2D eigenvalue weighted by molar-refractivity contribution is -0.116. The number of hydrogen-bond donors (Lipinski definition) is 1. The molecule has 0 saturated carbocycles. The molecule has 6 nitrogen and oxygen atoms in total. The maximum absolute atomic E-state index is 12.3. The number of benzene rings is 1. The van der Waals surface area contributed by atoms with Gasteiger partial charge in [0.1, 0.15) is 11.6 Å². The Labute approximate surface area is 152 Å². The summed E-state index contributed by atoms with van der Waals surface area (Å²) in [6.45, 7) is 5.93. The van der Waals surface area contributed by atoms with Crippen LogP contribution in [0.1, 0.15) is 41.4 Å². The first-order valence-corrected chi connectivity index (χ1v) is 8.66. The molecule has 1 amide bonds. The lowest BCUT2D eigenvalue weighted by atomic mass is 10.1. The van der Waals surface area contributed by atoms with Crippen molar-refractivity contribution < 1.29 is 4.79 Å². The number of carbonyl (C=O) groups excluding carboxylic acids is 1. The largest absolute Gasteiger partial charge is 0.326 e. The predicted molar refractivity (Wildman–Crippen MR) is 99.9 cm³/mol. The third-order valence-electron chi connectivity index (χ3n) is 4.55. The second kappa shape index (κ2) is 7.36. The van der Waals surface area contributed by atoms with Crippen LogP contribution >= 0.6 is 0 Å². The first-order valence-electron chi connectivity index (χ1n) is 8.66. The highest BCUT2D eigenvalue weighted by molar-refractivity contribution is 5.90. The van der Waals surface area contributed by atoms with Gasteiger partial charge in [-0.2, -0.15) is 10.4 Å². The summed E-state index contributed by atoms with van der Waals surface area (Å²) in [6.07, 6.45) is 3.38. The number of amides is 1. The van der Waals surface area contributed by atoms with Crippen molar-refractivity contribution in [1.29, 1.82) is 5.26 Å². The summed E-state index contributed by atoms with van der Waals surface area (Å²) in [4.78, 5) is 16.8. The Morgan fingerprint density at radius 2 is 2.15 bits per heavy atom. The maximum atomic E-state index is 12.3. The van der Waals surface area contributed by atoms with E-state index in [4.69, 9.17) is 5.26 Å². The third-order valence-corrected chi connectivity index (χ3v) is 4.55. The van der Waals surface area contributed by atoms with E-state index in [0.29, 0.717) is 24.1 Å². The number of aromatic nitrogens is 3. The van der Waals surface area contributed by atoms with E-state index in [1.807, 2.05) is 38.1 Å². The van der Waals surface area contributed by atoms with E-state index in [1.54, 1.807) is 4.52 Å². The molecule has 1 N–H and O–H groups in total. The van der Waals surface area contributed by atoms with Crippen LogP contribution in [0.4, 0.5) is 5.69 Å². The molecular weight excluding hydrogens is 326 g/mol. The number of rotatable bonds is 5. The lowest BCUT2D eigenvalue weighted by Crippen LogP contribution is -2.14. The summed E-state index contributed by atoms with van der Waals surface area (Å²) in [7, 11) is 0. The first kappa shape index (κ1) is 17.6. The van der Waals surface area contributed by atoms with Gasteiger partial charge < -0.3 is 5.32 Å². The molecule has 3 rings (SSSR count). The molecule has 0 saturated heterocycles. The van der Waals surface area contributed by atoms with Crippen molar-refractivity contribution in [2.24, 2.45) is 0 Å². The molecule has 0 fully saturated rings. The van der Waals surface area contributed by atoms with Crippen LogP contribution in [-0.4, -0.2) is 20.5 Å². The minimum Gasteiger partial charge on any atom is -0.326 e. The van der Waals surface area contributed by atoms with E-state index in [2.05, 4.69) is 28.4 Å². The average Bonchev–Trinajstić information content (AvgIpc) is 3.04. The number of anilines is 1. The van der Waals surface area contributed by atoms with Gasteiger partial charge in [-0.15, -0.1) is 0 Å². The van der Waals surface area contributed by atoms with Crippen molar-refractivity contribution in [3.8, 4) is 6.07 Å². The fraction of sp³-hybridized carbons (Fsp3) is 0.300. The van der Waals surface area contributed by atoms with Crippen LogP contribution in [0, 0.1) is 25.2 Å². The molecule has 0 spiro atoms. The molecule has 0 unspecified atom stereocenters. The van der Waals surface area contributed by atoms with Crippen molar-refractivity contribution in [2.45, 2.75) is 40.0 Å². The van der Waals surface area contributed by atoms with E-state index in [9.17, 15) is 4.79 Å². The fourth-order valence-corrected chi connectivity index (χ4v) is 3.08. The molecule has 0 aliphatic rings. The molecule has 0 radical (unpaired) electrons. The van der Waals surface area contributed by atoms with Crippen LogP contribution in [0.3, 0.4) is 0 Å². The molecule has 2 heterocycles. The number of carbonyl (C=O) groups is 1. The molecule has 0 atom stereocenters. The Kier molecular flexibility index (Phi) is 4.99. The van der Waals surface area contributed by atoms with Gasteiger partial charge >= 0.3 is 0 Å². The highest BCUT2D eigenvalue weighted by atomic mass is 16.1. The molecule has 0 aliphatic carbocycles. The minimum absolute atomic E-state index is 0.0321. The summed E-state index contributed by atoms with van der Waals surface area (Å²) < 4.78 is 1.67. The second-order valence-corrected chi connectivity index (χ2v) is 6.27. The van der Waals surface area contributed by atoms with E-state index < -0.39 is 0 Å². The van der Waals surface area contributed by atoms with Gasteiger partial charge in [0.2, 0.25) is 5.91 Å². The third kappa shape index (κ3) is 3.42. The topological polar surface area (TPSA) is 83.1 Å². The Hall–Kier alpha value is -3.20. The van der Waals surface area contributed by atoms with Crippen molar-refractivity contribution in [1.82, 2.24) is 14.6 Å². The molecule has 1 aromatic carbocycles. The highest BCUT2D eigenvalue weighted by Gasteiger charge is 2.14. The standard InChI is InChI=1S/C20H21N5O/c1-4-15-6-5-7-17(10-15)24-19(26)9-8-18-13(2)23-20-16(11-21)12-22-25(20)14(18)3/h5-7,10,12H,4,8-9H2,1-3H3,(H,24,26). The molecule has 132 valence electrons. The van der Waals surface area contributed by atoms with Gasteiger partial charge in [-0.05, 0) is 49.9 Å². The van der Waals surface area contributed by atoms with Crippen molar-refractivity contribution >= 4 is 17.2 Å². The molecule has 0 bridgehead atoms. The average molecular weight is 347 g/mol. The number of fused-ring (bicyclic) bond motifs is 1. The zero-order valence-corrected chi connectivity index (χ0v) is 15.2. The lowest BCUT2D eigenvalue weighted by Gasteiger charge is -2.11. The molecule has 0 aliphatic heterocycles. The van der Waals surface area contributed by atoms with Gasteiger partial charge in [0.25, 0.3) is 0 Å². The van der Waals surface area contributed by atoms with Crippen LogP contribution in [0.25, 0.3) is 5.65 Å². The molecule has 26 heavy (non-hydrogen) atoms. The Bertz CT molecular complexity index is 1010. The van der Waals surface area contributed by atoms with Crippen LogP contribution in [0.5, 0.6) is 0 Å². The Morgan fingerprint density at radius 1 is 1.35 bits per heavy atom. The zero-order chi connectivity index (χ0) is 18.7. The van der Waals surface area contributed by atoms with E-state index in [0.717, 1.165) is 29.1 Å². The molecule has 3 aromatic rings. The minimum atomic E-state index is -0.0321. The second-order valence-electron chi connectivity index (χ2n) is 6.27. The summed E-state index contributed by atoms with van der Waals surface area (Å²) >= 11 is 0. The van der Waals surface area contributed by atoms with Crippen molar-refractivity contribution in [2.75, 3.05) is 5.32 Å². The maximum Gasteiger partial charge on any atom is 0.224 e. The van der Waals surface area contributed by atoms with E-state index in [-0.39, 0.29) is 5.91 Å². The van der Waals surface area contributed by atoms with Crippen LogP contribution in [0.2, 0.25) is 0 Å². The van der Waals surface area contributed by atoms with Gasteiger partial charge in [0.05, 0.1) is 6.20 Å². The normalized spacial score (nSPS) is 10.7. The number of nitrogens with zero attached hydrogens (tertiary/aromatic N) is 4. The number of nitriles is 1. The quantitative estimate of drug-likeness (QED) is 0.767. The number of nitrogens with one attached hydrogen (secondary N) is 1. The first-order chi connectivity index (χ1) is 12.5. The summed E-state index contributed by atoms with van der Waals surface area (Å²) in [5, 5.41) is 16.3. The smallest absolute Gasteiger partial charge is 0.224 e. The molecule has 6 heteroatoms. The number of hydrogen-bond acceptors (Lipinski definition) is 4. The SMILES string of the molecule is CCc1cccc(NC(=O)CCc2c(C)nc3c(C#N)cnn3c2C)c1. The Morgan fingerprint density at radius 3 is 2.88 bits per heavy atom. The van der Waals surface area contributed by atoms with Gasteiger partial charge in [0.15, 0.2) is 5.65 Å². The van der Waals surface area contributed by atoms with Gasteiger partial charge in [-0.3, -0.25) is 4.79 Å². The predicted octanol–water partition coefficient (Wildman–Crippen LogP) is 3.35. The van der Waals surface area contributed by atoms with E-state index >= 15 is 0 Å². The van der Waals surface area contributed by atoms with Crippen LogP contribution in [0.15, 0.2) is 30.5 Å². The van der Waals surface area contributed by atoms with Crippen LogP contribution in [-0.2, 0) is 17.6 Å². The van der Waals surface area contributed by atoms with Crippen molar-refractivity contribution in [3.05, 3.63) is 58.5 Å². The molecule has 2 aromatic heterocycles. The summed E-state index contributed by atoms with van der Waals surface area (Å²) in [5.41, 5.74) is 5.76. The summed E-state index contributed by atoms with van der Waals surface area (Å²) in [5.74, 6) is -0.0321. The highest BCUT2D eigenvalue weighted by Crippen LogP contribution is 2.19.